The van der Waals surface area contributed by atoms with Gasteiger partial charge in [-0.1, -0.05) is 6.07 Å². The van der Waals surface area contributed by atoms with Crippen LogP contribution in [-0.2, 0) is 0 Å². The van der Waals surface area contributed by atoms with Crippen molar-refractivity contribution in [2.45, 2.75) is 19.2 Å². The Balaban J connectivity index is 1.51. The molecule has 0 aliphatic carbocycles. The van der Waals surface area contributed by atoms with Gasteiger partial charge in [0.1, 0.15) is 5.75 Å². The molecule has 1 amide bonds. The van der Waals surface area contributed by atoms with Crippen molar-refractivity contribution in [3.05, 3.63) is 54.4 Å². The van der Waals surface area contributed by atoms with E-state index in [1.165, 1.54) is 6.07 Å². The maximum absolute atomic E-state index is 13.3. The molecule has 0 radical (unpaired) electrons. The summed E-state index contributed by atoms with van der Waals surface area (Å²) in [7, 11) is 1.56. The lowest BCUT2D eigenvalue weighted by atomic mass is 9.99. The predicted octanol–water partition coefficient (Wildman–Crippen LogP) is 3.62. The number of fused-ring (bicyclic) bond motifs is 1. The molecule has 10 nitrogen and oxygen atoms in total. The number of benzene rings is 2. The number of alkyl halides is 3. The highest BCUT2D eigenvalue weighted by molar-refractivity contribution is 6.01. The average Bonchev–Trinajstić information content (AvgIpc) is 3.33. The van der Waals surface area contributed by atoms with E-state index < -0.39 is 12.3 Å². The summed E-state index contributed by atoms with van der Waals surface area (Å²) in [5, 5.41) is 9.66. The summed E-state index contributed by atoms with van der Waals surface area (Å²) in [5.41, 5.74) is 8.82. The number of nitrogens with two attached hydrogens (primary N) is 1. The molecule has 1 aliphatic heterocycles. The number of ether oxygens (including phenoxy) is 1. The smallest absolute Gasteiger partial charge is 0.425 e. The molecule has 39 heavy (non-hydrogen) atoms. The zero-order valence-electron chi connectivity index (χ0n) is 21.3. The van der Waals surface area contributed by atoms with E-state index in [9.17, 15) is 18.0 Å². The lowest BCUT2D eigenvalue weighted by molar-refractivity contribution is -0.188. The molecule has 1 aliphatic rings. The number of hydrogen-bond donors (Lipinski definition) is 3. The van der Waals surface area contributed by atoms with Gasteiger partial charge in [-0.25, -0.2) is 9.97 Å². The largest absolute Gasteiger partial charge is 0.480 e. The number of nitrogens with one attached hydrogen (secondary N) is 2. The topological polar surface area (TPSA) is 125 Å². The van der Waals surface area contributed by atoms with E-state index in [1.807, 2.05) is 6.07 Å². The van der Waals surface area contributed by atoms with Crippen LogP contribution >= 0.6 is 0 Å². The minimum absolute atomic E-state index is 0.0352. The van der Waals surface area contributed by atoms with Crippen LogP contribution in [0, 0.1) is 0 Å². The van der Waals surface area contributed by atoms with Crippen LogP contribution in [0.4, 0.5) is 30.6 Å². The minimum Gasteiger partial charge on any atom is -0.480 e. The third-order valence-corrected chi connectivity index (χ3v) is 6.68. The number of anilines is 3. The summed E-state index contributed by atoms with van der Waals surface area (Å²) in [5.74, 6) is 0.402. The quantitative estimate of drug-likeness (QED) is 0.339. The molecule has 5 rings (SSSR count). The summed E-state index contributed by atoms with van der Waals surface area (Å²) >= 11 is 0. The van der Waals surface area contributed by atoms with E-state index in [4.69, 9.17) is 10.5 Å². The predicted molar refractivity (Wildman–Crippen MR) is 142 cm³/mol. The van der Waals surface area contributed by atoms with E-state index in [0.717, 1.165) is 6.92 Å². The van der Waals surface area contributed by atoms with Crippen LogP contribution in [0.2, 0.25) is 0 Å². The number of rotatable bonds is 6. The summed E-state index contributed by atoms with van der Waals surface area (Å²) < 4.78 is 45.2. The first-order chi connectivity index (χ1) is 18.7. The molecule has 0 spiro atoms. The second kappa shape index (κ2) is 10.3. The Morgan fingerprint density at radius 2 is 1.77 bits per heavy atom. The van der Waals surface area contributed by atoms with Crippen molar-refractivity contribution in [2.75, 3.05) is 48.8 Å². The van der Waals surface area contributed by atoms with Crippen LogP contribution in [0.15, 0.2) is 48.8 Å². The number of amides is 1. The summed E-state index contributed by atoms with van der Waals surface area (Å²) in [6.45, 7) is 3.45. The second-order valence-electron chi connectivity index (χ2n) is 9.14. The van der Waals surface area contributed by atoms with E-state index in [1.54, 1.807) is 43.7 Å². The molecular weight excluding hydrogens is 513 g/mol. The van der Waals surface area contributed by atoms with Crippen molar-refractivity contribution in [3.63, 3.8) is 0 Å². The van der Waals surface area contributed by atoms with Gasteiger partial charge >= 0.3 is 6.18 Å². The number of aromatic nitrogens is 4. The van der Waals surface area contributed by atoms with Crippen molar-refractivity contribution in [1.29, 1.82) is 0 Å². The van der Waals surface area contributed by atoms with E-state index >= 15 is 0 Å². The molecule has 4 aromatic rings. The zero-order valence-corrected chi connectivity index (χ0v) is 21.3. The molecule has 2 aromatic carbocycles. The third-order valence-electron chi connectivity index (χ3n) is 6.68. The molecule has 0 saturated carbocycles. The molecule has 0 bridgehead atoms. The first-order valence-electron chi connectivity index (χ1n) is 12.3. The summed E-state index contributed by atoms with van der Waals surface area (Å²) in [6, 6.07) is 10.3. The van der Waals surface area contributed by atoms with Crippen LogP contribution in [0.1, 0.15) is 17.3 Å². The Labute approximate surface area is 222 Å². The van der Waals surface area contributed by atoms with Crippen molar-refractivity contribution >= 4 is 34.3 Å². The summed E-state index contributed by atoms with van der Waals surface area (Å²) in [6.07, 6.45) is -3.23. The Bertz CT molecular complexity index is 1480. The minimum atomic E-state index is -4.56. The number of halogens is 3. The normalized spacial score (nSPS) is 14.9. The first kappa shape index (κ1) is 26.1. The van der Waals surface area contributed by atoms with Crippen molar-refractivity contribution in [3.8, 4) is 16.9 Å². The van der Waals surface area contributed by atoms with Gasteiger partial charge in [0.05, 0.1) is 22.2 Å². The van der Waals surface area contributed by atoms with E-state index in [2.05, 4.69) is 35.3 Å². The lowest BCUT2D eigenvalue weighted by Gasteiger charge is -2.37. The van der Waals surface area contributed by atoms with E-state index in [0.29, 0.717) is 60.0 Å². The maximum Gasteiger partial charge on any atom is 0.425 e. The number of carbonyl (C=O) groups excluding carboxylic acids is 1. The third kappa shape index (κ3) is 5.24. The average molecular weight is 541 g/mol. The van der Waals surface area contributed by atoms with Crippen LogP contribution in [0.5, 0.6) is 5.75 Å². The number of hydrogen-bond acceptors (Lipinski definition) is 8. The van der Waals surface area contributed by atoms with Gasteiger partial charge in [0.2, 0.25) is 5.95 Å². The van der Waals surface area contributed by atoms with Gasteiger partial charge in [-0.15, -0.1) is 0 Å². The highest BCUT2D eigenvalue weighted by Crippen LogP contribution is 2.38. The number of aromatic amines is 1. The molecular formula is C26H27F3N8O2. The van der Waals surface area contributed by atoms with Crippen LogP contribution in [0.3, 0.4) is 0 Å². The Kier molecular flexibility index (Phi) is 6.89. The van der Waals surface area contributed by atoms with Crippen molar-refractivity contribution in [2.24, 2.45) is 0 Å². The molecule has 13 heteroatoms. The van der Waals surface area contributed by atoms with Gasteiger partial charge in [-0.2, -0.15) is 18.3 Å². The maximum atomic E-state index is 13.3. The van der Waals surface area contributed by atoms with Crippen molar-refractivity contribution < 1.29 is 22.7 Å². The molecule has 1 saturated heterocycles. The molecule has 3 heterocycles. The van der Waals surface area contributed by atoms with Gasteiger partial charge in [-0.05, 0) is 48.4 Å². The van der Waals surface area contributed by atoms with Gasteiger partial charge in [0.25, 0.3) is 5.91 Å². The summed E-state index contributed by atoms with van der Waals surface area (Å²) in [4.78, 5) is 25.5. The SMILES string of the molecule is CNC(=O)c1ccc(-c2cc(O[C@H](C)C(F)(F)F)c3c(N)n[nH]c3c2)cc1N1CCN(c2ncccn2)CC1. The van der Waals surface area contributed by atoms with Crippen LogP contribution in [0.25, 0.3) is 22.0 Å². The number of H-pyrrole nitrogens is 1. The van der Waals surface area contributed by atoms with Gasteiger partial charge < -0.3 is 25.6 Å². The Morgan fingerprint density at radius 1 is 1.08 bits per heavy atom. The molecule has 4 N–H and O–H groups in total. The fourth-order valence-corrected chi connectivity index (χ4v) is 4.56. The fraction of sp³-hybridized carbons (Fsp3) is 0.308. The number of nitrogen functional groups attached to an aromatic ring is 1. The number of carbonyl (C=O) groups is 1. The highest BCUT2D eigenvalue weighted by Gasteiger charge is 2.38. The molecule has 204 valence electrons. The van der Waals surface area contributed by atoms with E-state index in [-0.39, 0.29) is 22.9 Å². The zero-order chi connectivity index (χ0) is 27.7. The van der Waals surface area contributed by atoms with Crippen LogP contribution in [-0.4, -0.2) is 71.6 Å². The number of nitrogens with zero attached hydrogens (tertiary/aromatic N) is 5. The molecule has 1 atom stereocenters. The highest BCUT2D eigenvalue weighted by atomic mass is 19.4. The molecule has 0 unspecified atom stereocenters. The first-order valence-corrected chi connectivity index (χ1v) is 12.3. The van der Waals surface area contributed by atoms with Gasteiger partial charge in [0, 0.05) is 45.6 Å². The lowest BCUT2D eigenvalue weighted by Crippen LogP contribution is -2.47. The fourth-order valence-electron chi connectivity index (χ4n) is 4.56. The molecule has 2 aromatic heterocycles. The monoisotopic (exact) mass is 540 g/mol. The van der Waals surface area contributed by atoms with Crippen molar-refractivity contribution in [1.82, 2.24) is 25.5 Å². The Morgan fingerprint density at radius 3 is 2.44 bits per heavy atom. The number of piperazine rings is 1. The van der Waals surface area contributed by atoms with Gasteiger partial charge in [-0.3, -0.25) is 9.89 Å². The second-order valence-corrected chi connectivity index (χ2v) is 9.14. The van der Waals surface area contributed by atoms with Gasteiger partial charge in [0.15, 0.2) is 11.9 Å². The standard InChI is InChI=1S/C26H27F3N8O2/c1-15(26(27,28)29)39-21-14-17(12-19-22(21)23(30)35-34-19)16-4-5-18(24(38)31-2)20(13-16)36-8-10-37(11-9-36)25-32-6-3-7-33-25/h3-7,12-15H,8-11H2,1-2H3,(H,31,38)(H3,30,34,35)/t15-/m1/s1. The van der Waals surface area contributed by atoms with Crippen LogP contribution < -0.4 is 25.6 Å². The molecule has 1 fully saturated rings. The Hall–Kier alpha value is -4.55.